The van der Waals surface area contributed by atoms with Crippen molar-refractivity contribution in [1.82, 2.24) is 0 Å². The second-order valence-electron chi connectivity index (χ2n) is 6.93. The number of unbranched alkanes of at least 4 members (excludes halogenated alkanes) is 15. The van der Waals surface area contributed by atoms with Gasteiger partial charge >= 0.3 is 5.97 Å². The quantitative estimate of drug-likeness (QED) is 0.142. The molecule has 0 amide bonds. The van der Waals surface area contributed by atoms with Gasteiger partial charge in [-0.15, -0.1) is 0 Å². The molecule has 0 radical (unpaired) electrons. The third kappa shape index (κ3) is 19.5. The Bertz CT molecular complexity index is 253. The molecule has 0 atom stereocenters. The van der Waals surface area contributed by atoms with Crippen LogP contribution in [0.25, 0.3) is 0 Å². The zero-order valence-corrected chi connectivity index (χ0v) is 16.5. The van der Waals surface area contributed by atoms with Crippen LogP contribution < -0.4 is 0 Å². The van der Waals surface area contributed by atoms with Gasteiger partial charge in [0.2, 0.25) is 0 Å². The Balaban J connectivity index is 2.99. The summed E-state index contributed by atoms with van der Waals surface area (Å²) in [6.45, 7) is 4.58. The van der Waals surface area contributed by atoms with E-state index in [1.807, 2.05) is 0 Å². The molecule has 0 aromatic rings. The summed E-state index contributed by atoms with van der Waals surface area (Å²) in [5.74, 6) is -0.286. The van der Waals surface area contributed by atoms with Crippen molar-refractivity contribution in [3.63, 3.8) is 0 Å². The molecular weight excluding hydrogens is 300 g/mol. The Hall–Kier alpha value is -0.570. The van der Waals surface area contributed by atoms with Gasteiger partial charge in [-0.05, 0) is 6.42 Å². The van der Waals surface area contributed by atoms with Crippen LogP contribution in [0.15, 0.2) is 0 Å². The summed E-state index contributed by atoms with van der Waals surface area (Å²) in [4.78, 5) is 20.3. The predicted molar refractivity (Wildman–Crippen MR) is 102 cm³/mol. The zero-order chi connectivity index (χ0) is 17.7. The first-order chi connectivity index (χ1) is 11.8. The summed E-state index contributed by atoms with van der Waals surface area (Å²) in [7, 11) is 0. The maximum Gasteiger partial charge on any atom is 0.342 e. The van der Waals surface area contributed by atoms with E-state index in [0.29, 0.717) is 13.0 Å². The minimum Gasteiger partial charge on any atom is -0.298 e. The number of carbonyl (C=O) groups excluding carboxylic acids is 1. The monoisotopic (exact) mass is 342 g/mol. The molecule has 3 heteroatoms. The van der Waals surface area contributed by atoms with Crippen molar-refractivity contribution >= 4 is 5.97 Å². The van der Waals surface area contributed by atoms with Gasteiger partial charge < -0.3 is 0 Å². The highest BCUT2D eigenvalue weighted by Crippen LogP contribution is 2.13. The second-order valence-corrected chi connectivity index (χ2v) is 6.93. The first-order valence-electron chi connectivity index (χ1n) is 10.6. The summed E-state index contributed by atoms with van der Waals surface area (Å²) in [5.41, 5.74) is 0. The Morgan fingerprint density at radius 3 is 1.33 bits per heavy atom. The van der Waals surface area contributed by atoms with Crippen LogP contribution in [0.3, 0.4) is 0 Å². The van der Waals surface area contributed by atoms with Crippen LogP contribution in [0.4, 0.5) is 0 Å². The van der Waals surface area contributed by atoms with Crippen LogP contribution in [0, 0.1) is 0 Å². The molecule has 0 aromatic carbocycles. The Morgan fingerprint density at radius 1 is 0.583 bits per heavy atom. The van der Waals surface area contributed by atoms with Gasteiger partial charge in [0.15, 0.2) is 0 Å². The van der Waals surface area contributed by atoms with Gasteiger partial charge in [-0.2, -0.15) is 4.89 Å². The fourth-order valence-corrected chi connectivity index (χ4v) is 2.88. The Labute approximate surface area is 150 Å². The van der Waals surface area contributed by atoms with Crippen LogP contribution in [0.1, 0.15) is 123 Å². The summed E-state index contributed by atoms with van der Waals surface area (Å²) >= 11 is 0. The van der Waals surface area contributed by atoms with Crippen LogP contribution in [-0.4, -0.2) is 12.6 Å². The number of hydrogen-bond donors (Lipinski definition) is 0. The standard InChI is InChI=1S/C21H42O3/c1-3-5-6-7-8-9-10-11-12-13-14-15-16-17-18-19-20-23-24-21(22)4-2/h3-20H2,1-2H3. The number of carbonyl (C=O) groups is 1. The van der Waals surface area contributed by atoms with Gasteiger partial charge in [-0.3, -0.25) is 4.89 Å². The molecular formula is C21H42O3. The molecule has 144 valence electrons. The van der Waals surface area contributed by atoms with Gasteiger partial charge in [0, 0.05) is 6.42 Å². The van der Waals surface area contributed by atoms with Gasteiger partial charge in [-0.1, -0.05) is 110 Å². The molecule has 24 heavy (non-hydrogen) atoms. The number of rotatable bonds is 19. The molecule has 0 unspecified atom stereocenters. The highest BCUT2D eigenvalue weighted by molar-refractivity contribution is 5.68. The first-order valence-corrected chi connectivity index (χ1v) is 10.6. The first kappa shape index (κ1) is 23.4. The van der Waals surface area contributed by atoms with Gasteiger partial charge in [0.05, 0.1) is 6.61 Å². The maximum absolute atomic E-state index is 10.8. The maximum atomic E-state index is 10.8. The molecule has 0 rings (SSSR count). The topological polar surface area (TPSA) is 35.5 Å². The van der Waals surface area contributed by atoms with E-state index >= 15 is 0 Å². The third-order valence-electron chi connectivity index (χ3n) is 4.52. The van der Waals surface area contributed by atoms with E-state index < -0.39 is 0 Å². The van der Waals surface area contributed by atoms with E-state index in [2.05, 4.69) is 11.8 Å². The van der Waals surface area contributed by atoms with Crippen LogP contribution >= 0.6 is 0 Å². The fourth-order valence-electron chi connectivity index (χ4n) is 2.88. The molecule has 0 aliphatic carbocycles. The molecule has 0 spiro atoms. The van der Waals surface area contributed by atoms with E-state index in [1.165, 1.54) is 96.3 Å². The highest BCUT2D eigenvalue weighted by Gasteiger charge is 1.99. The summed E-state index contributed by atoms with van der Waals surface area (Å²) in [6, 6.07) is 0. The molecule has 0 bridgehead atoms. The van der Waals surface area contributed by atoms with Crippen molar-refractivity contribution in [3.8, 4) is 0 Å². The van der Waals surface area contributed by atoms with Gasteiger partial charge in [0.25, 0.3) is 0 Å². The van der Waals surface area contributed by atoms with Crippen LogP contribution in [0.2, 0.25) is 0 Å². The Morgan fingerprint density at radius 2 is 0.958 bits per heavy atom. The average Bonchev–Trinajstić information content (AvgIpc) is 2.60. The summed E-state index contributed by atoms with van der Waals surface area (Å²) < 4.78 is 0. The minimum absolute atomic E-state index is 0.286. The SMILES string of the molecule is CCCCCCCCCCCCCCCCCCOOC(=O)CC. The van der Waals surface area contributed by atoms with E-state index in [-0.39, 0.29) is 5.97 Å². The van der Waals surface area contributed by atoms with Crippen molar-refractivity contribution in [1.29, 1.82) is 0 Å². The van der Waals surface area contributed by atoms with Crippen molar-refractivity contribution in [3.05, 3.63) is 0 Å². The molecule has 0 aromatic heterocycles. The van der Waals surface area contributed by atoms with Crippen LogP contribution in [-0.2, 0) is 14.6 Å². The normalized spacial score (nSPS) is 10.9. The lowest BCUT2D eigenvalue weighted by Gasteiger charge is -2.04. The molecule has 3 nitrogen and oxygen atoms in total. The molecule has 0 saturated heterocycles. The third-order valence-corrected chi connectivity index (χ3v) is 4.52. The smallest absolute Gasteiger partial charge is 0.298 e. The van der Waals surface area contributed by atoms with Crippen molar-refractivity contribution < 1.29 is 14.6 Å². The molecule has 0 heterocycles. The van der Waals surface area contributed by atoms with Gasteiger partial charge in [0.1, 0.15) is 0 Å². The number of hydrogen-bond acceptors (Lipinski definition) is 3. The fraction of sp³-hybridized carbons (Fsp3) is 0.952. The lowest BCUT2D eigenvalue weighted by Crippen LogP contribution is -2.04. The summed E-state index contributed by atoms with van der Waals surface area (Å²) in [5, 5.41) is 0. The highest BCUT2D eigenvalue weighted by atomic mass is 17.2. The van der Waals surface area contributed by atoms with Crippen LogP contribution in [0.5, 0.6) is 0 Å². The molecule has 0 saturated carbocycles. The average molecular weight is 343 g/mol. The second kappa shape index (κ2) is 20.5. The van der Waals surface area contributed by atoms with E-state index in [9.17, 15) is 4.79 Å². The van der Waals surface area contributed by atoms with Crippen molar-refractivity contribution in [2.45, 2.75) is 123 Å². The van der Waals surface area contributed by atoms with E-state index in [4.69, 9.17) is 4.89 Å². The molecule has 0 fully saturated rings. The van der Waals surface area contributed by atoms with Crippen molar-refractivity contribution in [2.75, 3.05) is 6.61 Å². The Kier molecular flexibility index (Phi) is 20.0. The van der Waals surface area contributed by atoms with E-state index in [0.717, 1.165) is 6.42 Å². The predicted octanol–water partition coefficient (Wildman–Crippen LogP) is 7.13. The molecule has 0 N–H and O–H groups in total. The lowest BCUT2D eigenvalue weighted by atomic mass is 10.0. The molecule has 0 aliphatic rings. The molecule has 0 aliphatic heterocycles. The van der Waals surface area contributed by atoms with Gasteiger partial charge in [-0.25, -0.2) is 4.79 Å². The summed E-state index contributed by atoms with van der Waals surface area (Å²) in [6.07, 6.45) is 22.1. The zero-order valence-electron chi connectivity index (χ0n) is 16.5. The van der Waals surface area contributed by atoms with Crippen molar-refractivity contribution in [2.24, 2.45) is 0 Å². The minimum atomic E-state index is -0.286. The largest absolute Gasteiger partial charge is 0.342 e. The lowest BCUT2D eigenvalue weighted by molar-refractivity contribution is -0.272. The van der Waals surface area contributed by atoms with E-state index in [1.54, 1.807) is 6.92 Å².